The summed E-state index contributed by atoms with van der Waals surface area (Å²) in [4.78, 5) is 11.8. The second kappa shape index (κ2) is 4.18. The molecule has 0 aliphatic rings. The Morgan fingerprint density at radius 3 is 2.81 bits per heavy atom. The number of carbonyl (C=O) groups excluding carboxylic acids is 1. The van der Waals surface area contributed by atoms with Crippen molar-refractivity contribution in [2.45, 2.75) is 0 Å². The summed E-state index contributed by atoms with van der Waals surface area (Å²) in [7, 11) is 1.35. The van der Waals surface area contributed by atoms with Crippen LogP contribution in [0.3, 0.4) is 0 Å². The number of halogens is 1. The number of hydrogen-bond donors (Lipinski definition) is 0. The normalized spacial score (nSPS) is 10.1. The predicted octanol–water partition coefficient (Wildman–Crippen LogP) is 2.66. The van der Waals surface area contributed by atoms with Crippen LogP contribution in [0.15, 0.2) is 41.0 Å². The van der Waals surface area contributed by atoms with Gasteiger partial charge >= 0.3 is 0 Å². The van der Waals surface area contributed by atoms with E-state index in [1.807, 2.05) is 0 Å². The molecule has 2 rings (SSSR count). The van der Waals surface area contributed by atoms with E-state index in [-0.39, 0.29) is 17.3 Å². The van der Waals surface area contributed by atoms with Gasteiger partial charge in [-0.25, -0.2) is 4.39 Å². The zero-order valence-electron chi connectivity index (χ0n) is 8.57. The molecule has 16 heavy (non-hydrogen) atoms. The van der Waals surface area contributed by atoms with Gasteiger partial charge in [-0.05, 0) is 30.3 Å². The van der Waals surface area contributed by atoms with E-state index < -0.39 is 5.82 Å². The number of carbonyl (C=O) groups is 1. The van der Waals surface area contributed by atoms with Gasteiger partial charge in [0.25, 0.3) is 0 Å². The first kappa shape index (κ1) is 10.4. The molecule has 1 heterocycles. The molecule has 0 unspecified atom stereocenters. The van der Waals surface area contributed by atoms with Gasteiger partial charge in [-0.2, -0.15) is 0 Å². The van der Waals surface area contributed by atoms with Crippen molar-refractivity contribution in [3.05, 3.63) is 53.7 Å². The van der Waals surface area contributed by atoms with Gasteiger partial charge < -0.3 is 9.15 Å². The molecule has 0 radical (unpaired) electrons. The van der Waals surface area contributed by atoms with Gasteiger partial charge in [-0.1, -0.05) is 0 Å². The lowest BCUT2D eigenvalue weighted by molar-refractivity contribution is 0.101. The lowest BCUT2D eigenvalue weighted by Crippen LogP contribution is -2.00. The Hall–Kier alpha value is -2.10. The van der Waals surface area contributed by atoms with Crippen LogP contribution in [0, 0.1) is 5.82 Å². The standard InChI is InChI=1S/C12H9FO3/c1-15-11-7-8(4-5-9(11)13)12(14)10-3-2-6-16-10/h2-7H,1H3. The fraction of sp³-hybridized carbons (Fsp3) is 0.0833. The van der Waals surface area contributed by atoms with Crippen molar-refractivity contribution < 1.29 is 18.3 Å². The third-order valence-electron chi connectivity index (χ3n) is 2.16. The van der Waals surface area contributed by atoms with Crippen molar-refractivity contribution in [1.82, 2.24) is 0 Å². The third-order valence-corrected chi connectivity index (χ3v) is 2.16. The van der Waals surface area contributed by atoms with Gasteiger partial charge in [-0.3, -0.25) is 4.79 Å². The lowest BCUT2D eigenvalue weighted by Gasteiger charge is -2.03. The number of rotatable bonds is 3. The van der Waals surface area contributed by atoms with Crippen molar-refractivity contribution in [1.29, 1.82) is 0 Å². The van der Waals surface area contributed by atoms with Crippen LogP contribution in [-0.2, 0) is 0 Å². The zero-order chi connectivity index (χ0) is 11.5. The summed E-state index contributed by atoms with van der Waals surface area (Å²) >= 11 is 0. The SMILES string of the molecule is COc1cc(C(=O)c2ccco2)ccc1F. The van der Waals surface area contributed by atoms with E-state index in [0.717, 1.165) is 0 Å². The molecule has 0 saturated heterocycles. The minimum Gasteiger partial charge on any atom is -0.494 e. The van der Waals surface area contributed by atoms with E-state index in [2.05, 4.69) is 0 Å². The first-order valence-electron chi connectivity index (χ1n) is 4.64. The molecule has 4 heteroatoms. The van der Waals surface area contributed by atoms with E-state index >= 15 is 0 Å². The van der Waals surface area contributed by atoms with Crippen LogP contribution in [0.2, 0.25) is 0 Å². The number of benzene rings is 1. The molecule has 3 nitrogen and oxygen atoms in total. The van der Waals surface area contributed by atoms with Gasteiger partial charge in [0, 0.05) is 5.56 Å². The Kier molecular flexibility index (Phi) is 2.72. The van der Waals surface area contributed by atoms with Crippen LogP contribution in [-0.4, -0.2) is 12.9 Å². The second-order valence-electron chi connectivity index (χ2n) is 3.16. The molecule has 0 fully saturated rings. The molecule has 0 bridgehead atoms. The summed E-state index contributed by atoms with van der Waals surface area (Å²) in [6.45, 7) is 0. The summed E-state index contributed by atoms with van der Waals surface area (Å²) in [5.74, 6) is -0.548. The minimum absolute atomic E-state index is 0.0393. The first-order chi connectivity index (χ1) is 7.72. The van der Waals surface area contributed by atoms with Crippen LogP contribution in [0.4, 0.5) is 4.39 Å². The predicted molar refractivity (Wildman–Crippen MR) is 55.1 cm³/mol. The summed E-state index contributed by atoms with van der Waals surface area (Å²) < 4.78 is 22.9. The van der Waals surface area contributed by atoms with E-state index in [4.69, 9.17) is 9.15 Å². The van der Waals surface area contributed by atoms with Crippen molar-refractivity contribution in [2.24, 2.45) is 0 Å². The Labute approximate surface area is 91.5 Å². The highest BCUT2D eigenvalue weighted by atomic mass is 19.1. The number of ether oxygens (including phenoxy) is 1. The molecular formula is C12H9FO3. The second-order valence-corrected chi connectivity index (χ2v) is 3.16. The van der Waals surface area contributed by atoms with Gasteiger partial charge in [0.15, 0.2) is 17.3 Å². The van der Waals surface area contributed by atoms with Crippen molar-refractivity contribution >= 4 is 5.78 Å². The molecule has 2 aromatic rings. The fourth-order valence-corrected chi connectivity index (χ4v) is 1.35. The highest BCUT2D eigenvalue weighted by Gasteiger charge is 2.14. The molecule has 0 saturated carbocycles. The molecule has 1 aromatic carbocycles. The Morgan fingerprint density at radius 1 is 1.38 bits per heavy atom. The van der Waals surface area contributed by atoms with Gasteiger partial charge in [0.2, 0.25) is 5.78 Å². The van der Waals surface area contributed by atoms with Crippen LogP contribution in [0.5, 0.6) is 5.75 Å². The Bertz CT molecular complexity index is 503. The number of methoxy groups -OCH3 is 1. The third kappa shape index (κ3) is 1.82. The topological polar surface area (TPSA) is 39.4 Å². The average molecular weight is 220 g/mol. The molecular weight excluding hydrogens is 211 g/mol. The van der Waals surface area contributed by atoms with Gasteiger partial charge in [-0.15, -0.1) is 0 Å². The van der Waals surface area contributed by atoms with E-state index in [1.54, 1.807) is 12.1 Å². The Morgan fingerprint density at radius 2 is 2.19 bits per heavy atom. The monoisotopic (exact) mass is 220 g/mol. The van der Waals surface area contributed by atoms with Crippen LogP contribution >= 0.6 is 0 Å². The summed E-state index contributed by atoms with van der Waals surface area (Å²) in [6, 6.07) is 7.10. The smallest absolute Gasteiger partial charge is 0.228 e. The van der Waals surface area contributed by atoms with E-state index in [0.29, 0.717) is 5.56 Å². The van der Waals surface area contributed by atoms with Gasteiger partial charge in [0.1, 0.15) is 0 Å². The lowest BCUT2D eigenvalue weighted by atomic mass is 10.1. The molecule has 0 N–H and O–H groups in total. The number of ketones is 1. The summed E-state index contributed by atoms with van der Waals surface area (Å²) in [5.41, 5.74) is 0.327. The minimum atomic E-state index is -0.501. The molecule has 0 spiro atoms. The van der Waals surface area contributed by atoms with E-state index in [1.165, 1.54) is 31.6 Å². The van der Waals surface area contributed by atoms with Gasteiger partial charge in [0.05, 0.1) is 13.4 Å². The largest absolute Gasteiger partial charge is 0.494 e. The highest BCUT2D eigenvalue weighted by molar-refractivity contribution is 6.07. The number of furan rings is 1. The first-order valence-corrected chi connectivity index (χ1v) is 4.64. The van der Waals surface area contributed by atoms with Crippen LogP contribution in [0.25, 0.3) is 0 Å². The molecule has 1 aromatic heterocycles. The Balaban J connectivity index is 2.38. The quantitative estimate of drug-likeness (QED) is 0.746. The van der Waals surface area contributed by atoms with Crippen LogP contribution < -0.4 is 4.74 Å². The highest BCUT2D eigenvalue weighted by Crippen LogP contribution is 2.20. The fourth-order valence-electron chi connectivity index (χ4n) is 1.35. The number of hydrogen-bond acceptors (Lipinski definition) is 3. The molecule has 0 aliphatic heterocycles. The molecule has 0 aliphatic carbocycles. The maximum Gasteiger partial charge on any atom is 0.228 e. The zero-order valence-corrected chi connectivity index (χ0v) is 8.57. The van der Waals surface area contributed by atoms with E-state index in [9.17, 15) is 9.18 Å². The molecule has 0 amide bonds. The van der Waals surface area contributed by atoms with Crippen molar-refractivity contribution in [3.63, 3.8) is 0 Å². The van der Waals surface area contributed by atoms with Crippen molar-refractivity contribution in [2.75, 3.05) is 7.11 Å². The molecule has 82 valence electrons. The maximum absolute atomic E-state index is 13.1. The molecule has 0 atom stereocenters. The van der Waals surface area contributed by atoms with Crippen LogP contribution in [0.1, 0.15) is 16.1 Å². The summed E-state index contributed by atoms with van der Waals surface area (Å²) in [5, 5.41) is 0. The maximum atomic E-state index is 13.1. The average Bonchev–Trinajstić information content (AvgIpc) is 2.82. The van der Waals surface area contributed by atoms with Crippen molar-refractivity contribution in [3.8, 4) is 5.75 Å². The summed E-state index contributed by atoms with van der Waals surface area (Å²) in [6.07, 6.45) is 1.41.